The van der Waals surface area contributed by atoms with Crippen molar-refractivity contribution in [3.05, 3.63) is 36.0 Å². The molecule has 0 saturated heterocycles. The second-order valence-electron chi connectivity index (χ2n) is 10.1. The highest BCUT2D eigenvalue weighted by atomic mass is 16.6. The first kappa shape index (κ1) is 22.7. The molecular formula is C24H40O2. The Kier molecular flexibility index (Phi) is 7.51. The summed E-state index contributed by atoms with van der Waals surface area (Å²) in [6.07, 6.45) is 13.8. The quantitative estimate of drug-likeness (QED) is 0.463. The molecule has 0 aromatic carbocycles. The molecule has 1 aliphatic rings. The lowest BCUT2D eigenvalue weighted by Gasteiger charge is -2.41. The van der Waals surface area contributed by atoms with E-state index in [0.717, 1.165) is 6.42 Å². The van der Waals surface area contributed by atoms with E-state index < -0.39 is 5.60 Å². The molecule has 1 rings (SSSR count). The van der Waals surface area contributed by atoms with E-state index in [1.165, 1.54) is 12.8 Å². The van der Waals surface area contributed by atoms with Gasteiger partial charge in [0, 0.05) is 0 Å². The number of hydrogen-bond acceptors (Lipinski definition) is 2. The van der Waals surface area contributed by atoms with Crippen molar-refractivity contribution in [1.82, 2.24) is 0 Å². The van der Waals surface area contributed by atoms with Crippen molar-refractivity contribution in [2.24, 2.45) is 22.7 Å². The Hall–Kier alpha value is -1.31. The van der Waals surface area contributed by atoms with Crippen LogP contribution in [-0.2, 0) is 9.53 Å². The number of rotatable bonds is 7. The van der Waals surface area contributed by atoms with Crippen LogP contribution in [0, 0.1) is 22.7 Å². The fraction of sp³-hybridized carbons (Fsp3) is 0.708. The van der Waals surface area contributed by atoms with E-state index in [0.29, 0.717) is 22.8 Å². The number of ether oxygens (including phenoxy) is 1. The molecule has 0 aromatic heterocycles. The Labute approximate surface area is 161 Å². The standard InChI is InChI=1S/C24H40O2/c1-10-23(6,7)17-20(24(8,9)11-2)18-13-12-14-19(16-15-18)21(25)26-22(3,4)5/h12-16,18,20H,10-11,17H2,1-9H3. The summed E-state index contributed by atoms with van der Waals surface area (Å²) in [5, 5.41) is 0. The second kappa shape index (κ2) is 8.59. The van der Waals surface area contributed by atoms with Crippen molar-refractivity contribution in [2.45, 2.75) is 87.2 Å². The minimum absolute atomic E-state index is 0.238. The number of carbonyl (C=O) groups excluding carboxylic acids is 1. The second-order valence-corrected chi connectivity index (χ2v) is 10.1. The summed E-state index contributed by atoms with van der Waals surface area (Å²) in [5.41, 5.74) is 0.704. The van der Waals surface area contributed by atoms with Gasteiger partial charge >= 0.3 is 5.97 Å². The van der Waals surface area contributed by atoms with Crippen LogP contribution in [0.25, 0.3) is 0 Å². The molecule has 148 valence electrons. The topological polar surface area (TPSA) is 26.3 Å². The third kappa shape index (κ3) is 6.78. The zero-order valence-electron chi connectivity index (χ0n) is 18.5. The molecule has 1 aliphatic carbocycles. The van der Waals surface area contributed by atoms with Gasteiger partial charge in [0.05, 0.1) is 5.57 Å². The maximum Gasteiger partial charge on any atom is 0.338 e. The lowest BCUT2D eigenvalue weighted by atomic mass is 9.63. The van der Waals surface area contributed by atoms with Crippen LogP contribution in [0.1, 0.15) is 81.6 Å². The molecule has 0 aromatic rings. The Morgan fingerprint density at radius 2 is 1.65 bits per heavy atom. The molecule has 0 N–H and O–H groups in total. The lowest BCUT2D eigenvalue weighted by Crippen LogP contribution is -2.33. The first-order valence-corrected chi connectivity index (χ1v) is 10.1. The third-order valence-electron chi connectivity index (χ3n) is 5.85. The lowest BCUT2D eigenvalue weighted by molar-refractivity contribution is -0.149. The van der Waals surface area contributed by atoms with E-state index in [2.05, 4.69) is 53.7 Å². The maximum atomic E-state index is 12.4. The fourth-order valence-corrected chi connectivity index (χ4v) is 3.30. The normalized spacial score (nSPS) is 19.7. The monoisotopic (exact) mass is 360 g/mol. The predicted molar refractivity (Wildman–Crippen MR) is 112 cm³/mol. The van der Waals surface area contributed by atoms with Gasteiger partial charge in [0.15, 0.2) is 0 Å². The summed E-state index contributed by atoms with van der Waals surface area (Å²) >= 11 is 0. The summed E-state index contributed by atoms with van der Waals surface area (Å²) in [5.74, 6) is 0.604. The van der Waals surface area contributed by atoms with Gasteiger partial charge in [-0.25, -0.2) is 4.79 Å². The van der Waals surface area contributed by atoms with Gasteiger partial charge < -0.3 is 4.74 Å². The molecule has 0 saturated carbocycles. The first-order valence-electron chi connectivity index (χ1n) is 10.1. The number of carbonyl (C=O) groups is 1. The molecule has 0 heterocycles. The third-order valence-corrected chi connectivity index (χ3v) is 5.85. The summed E-state index contributed by atoms with van der Waals surface area (Å²) in [6, 6.07) is 0. The van der Waals surface area contributed by atoms with E-state index >= 15 is 0 Å². The van der Waals surface area contributed by atoms with Crippen molar-refractivity contribution in [1.29, 1.82) is 0 Å². The zero-order chi connectivity index (χ0) is 20.2. The van der Waals surface area contributed by atoms with Crippen molar-refractivity contribution in [2.75, 3.05) is 0 Å². The molecule has 0 fully saturated rings. The molecule has 2 nitrogen and oxygen atoms in total. The van der Waals surface area contributed by atoms with Gasteiger partial charge in [-0.1, -0.05) is 78.7 Å². The molecule has 0 bridgehead atoms. The van der Waals surface area contributed by atoms with Crippen LogP contribution in [0.3, 0.4) is 0 Å². The van der Waals surface area contributed by atoms with Crippen molar-refractivity contribution in [3.8, 4) is 0 Å². The Morgan fingerprint density at radius 3 is 2.15 bits per heavy atom. The highest BCUT2D eigenvalue weighted by Crippen LogP contribution is 2.45. The fourth-order valence-electron chi connectivity index (χ4n) is 3.30. The van der Waals surface area contributed by atoms with Crippen LogP contribution in [0.15, 0.2) is 36.0 Å². The van der Waals surface area contributed by atoms with E-state index in [9.17, 15) is 4.79 Å². The minimum Gasteiger partial charge on any atom is -0.456 e. The smallest absolute Gasteiger partial charge is 0.338 e. The summed E-state index contributed by atoms with van der Waals surface area (Å²) in [7, 11) is 0. The predicted octanol–water partition coefficient (Wildman–Crippen LogP) is 6.88. The molecule has 2 atom stereocenters. The van der Waals surface area contributed by atoms with Gasteiger partial charge in [0.25, 0.3) is 0 Å². The zero-order valence-corrected chi connectivity index (χ0v) is 18.5. The highest BCUT2D eigenvalue weighted by Gasteiger charge is 2.36. The SMILES string of the molecule is CCC(C)(C)CC(C1C=CC=C(C(=O)OC(C)(C)C)C=C1)C(C)(C)CC. The summed E-state index contributed by atoms with van der Waals surface area (Å²) in [6.45, 7) is 19.7. The van der Waals surface area contributed by atoms with Crippen molar-refractivity contribution in [3.63, 3.8) is 0 Å². The maximum absolute atomic E-state index is 12.4. The van der Waals surface area contributed by atoms with Gasteiger partial charge in [-0.05, 0) is 55.9 Å². The summed E-state index contributed by atoms with van der Waals surface area (Å²) in [4.78, 5) is 12.4. The Bertz CT molecular complexity index is 568. The van der Waals surface area contributed by atoms with E-state index in [-0.39, 0.29) is 11.4 Å². The molecule has 0 radical (unpaired) electrons. The largest absolute Gasteiger partial charge is 0.456 e. The van der Waals surface area contributed by atoms with Crippen LogP contribution in [-0.4, -0.2) is 11.6 Å². The Balaban J connectivity index is 3.06. The van der Waals surface area contributed by atoms with Gasteiger partial charge in [-0.3, -0.25) is 0 Å². The minimum atomic E-state index is -0.473. The molecule has 2 unspecified atom stereocenters. The highest BCUT2D eigenvalue weighted by molar-refractivity contribution is 5.92. The van der Waals surface area contributed by atoms with Crippen molar-refractivity contribution < 1.29 is 9.53 Å². The molecule has 0 amide bonds. The molecule has 0 aliphatic heterocycles. The molecule has 2 heteroatoms. The van der Waals surface area contributed by atoms with Crippen LogP contribution in [0.4, 0.5) is 0 Å². The average molecular weight is 361 g/mol. The van der Waals surface area contributed by atoms with Gasteiger partial charge in [0.2, 0.25) is 0 Å². The van der Waals surface area contributed by atoms with Crippen LogP contribution < -0.4 is 0 Å². The molecule has 0 spiro atoms. The number of esters is 1. The van der Waals surface area contributed by atoms with Crippen LogP contribution in [0.5, 0.6) is 0 Å². The average Bonchev–Trinajstić information content (AvgIpc) is 2.77. The van der Waals surface area contributed by atoms with Gasteiger partial charge in [-0.2, -0.15) is 0 Å². The number of allylic oxidation sites excluding steroid dienone is 4. The summed E-state index contributed by atoms with van der Waals surface area (Å²) < 4.78 is 5.52. The molecular weight excluding hydrogens is 320 g/mol. The van der Waals surface area contributed by atoms with Crippen LogP contribution >= 0.6 is 0 Å². The van der Waals surface area contributed by atoms with Crippen LogP contribution in [0.2, 0.25) is 0 Å². The van der Waals surface area contributed by atoms with E-state index in [4.69, 9.17) is 4.74 Å². The van der Waals surface area contributed by atoms with E-state index in [1.807, 2.05) is 39.0 Å². The molecule has 26 heavy (non-hydrogen) atoms. The van der Waals surface area contributed by atoms with Gasteiger partial charge in [0.1, 0.15) is 5.60 Å². The van der Waals surface area contributed by atoms with Gasteiger partial charge in [-0.15, -0.1) is 0 Å². The first-order chi connectivity index (χ1) is 11.8. The van der Waals surface area contributed by atoms with E-state index in [1.54, 1.807) is 0 Å². The number of hydrogen-bond donors (Lipinski definition) is 0. The Morgan fingerprint density at radius 1 is 1.04 bits per heavy atom. The van der Waals surface area contributed by atoms with Crippen molar-refractivity contribution >= 4 is 5.97 Å².